The van der Waals surface area contributed by atoms with Crippen LogP contribution in [0.1, 0.15) is 32.8 Å². The second-order valence-corrected chi connectivity index (χ2v) is 3.06. The first kappa shape index (κ1) is 10.7. The first-order valence-electron chi connectivity index (χ1n) is 5.14. The first-order valence-corrected chi connectivity index (χ1v) is 5.14. The Bertz CT molecular complexity index is 334. The third-order valence-electron chi connectivity index (χ3n) is 2.03. The van der Waals surface area contributed by atoms with Gasteiger partial charge in [-0.15, -0.1) is 0 Å². The number of nitrogens with zero attached hydrogens (tertiary/aromatic N) is 1. The summed E-state index contributed by atoms with van der Waals surface area (Å²) >= 11 is 0. The highest BCUT2D eigenvalue weighted by Crippen LogP contribution is 2.22. The van der Waals surface area contributed by atoms with Crippen LogP contribution in [0.3, 0.4) is 0 Å². The minimum atomic E-state index is 1.00. The van der Waals surface area contributed by atoms with E-state index < -0.39 is 0 Å². The molecule has 0 saturated carbocycles. The predicted octanol–water partition coefficient (Wildman–Crippen LogP) is 3.92. The van der Waals surface area contributed by atoms with Crippen molar-refractivity contribution in [2.75, 3.05) is 0 Å². The van der Waals surface area contributed by atoms with Gasteiger partial charge >= 0.3 is 0 Å². The third kappa shape index (κ3) is 2.56. The number of hydrogen-bond donors (Lipinski definition) is 0. The summed E-state index contributed by atoms with van der Waals surface area (Å²) < 4.78 is 0. The van der Waals surface area contributed by atoms with Crippen LogP contribution in [0.25, 0.3) is 5.57 Å². The molecule has 0 aliphatic carbocycles. The molecule has 14 heavy (non-hydrogen) atoms. The van der Waals surface area contributed by atoms with Crippen molar-refractivity contribution in [1.29, 1.82) is 0 Å². The van der Waals surface area contributed by atoms with E-state index in [1.54, 1.807) is 0 Å². The molecule has 1 nitrogen and oxygen atoms in total. The van der Waals surface area contributed by atoms with Gasteiger partial charge in [0.15, 0.2) is 0 Å². The fraction of sp³-hybridized carbons (Fsp3) is 0.308. The lowest BCUT2D eigenvalue weighted by Gasteiger charge is -1.99. The average molecular weight is 187 g/mol. The van der Waals surface area contributed by atoms with Crippen molar-refractivity contribution >= 4 is 11.3 Å². The number of allylic oxidation sites excluding steroid dienone is 1. The number of benzene rings is 1. The van der Waals surface area contributed by atoms with Crippen molar-refractivity contribution in [3.05, 3.63) is 42.1 Å². The van der Waals surface area contributed by atoms with Crippen molar-refractivity contribution < 1.29 is 0 Å². The van der Waals surface area contributed by atoms with Gasteiger partial charge in [0.25, 0.3) is 0 Å². The van der Waals surface area contributed by atoms with Crippen LogP contribution < -0.4 is 0 Å². The molecule has 1 heteroatoms. The highest BCUT2D eigenvalue weighted by Gasteiger charge is 2.06. The van der Waals surface area contributed by atoms with E-state index in [9.17, 15) is 0 Å². The van der Waals surface area contributed by atoms with Crippen molar-refractivity contribution in [2.45, 2.75) is 27.2 Å². The second kappa shape index (κ2) is 5.38. The lowest BCUT2D eigenvalue weighted by Crippen LogP contribution is -1.86. The monoisotopic (exact) mass is 187 g/mol. The van der Waals surface area contributed by atoms with Gasteiger partial charge in [0.05, 0.1) is 0 Å². The zero-order chi connectivity index (χ0) is 10.4. The van der Waals surface area contributed by atoms with Crippen LogP contribution in [0.2, 0.25) is 0 Å². The van der Waals surface area contributed by atoms with Crippen LogP contribution in [-0.4, -0.2) is 5.71 Å². The van der Waals surface area contributed by atoms with E-state index in [4.69, 9.17) is 0 Å². The van der Waals surface area contributed by atoms with Crippen LogP contribution in [0.5, 0.6) is 0 Å². The van der Waals surface area contributed by atoms with Gasteiger partial charge in [-0.1, -0.05) is 44.2 Å². The summed E-state index contributed by atoms with van der Waals surface area (Å²) in [6.07, 6.45) is 2.97. The molecule has 0 unspecified atom stereocenters. The van der Waals surface area contributed by atoms with Gasteiger partial charge in [-0.3, -0.25) is 4.99 Å². The van der Waals surface area contributed by atoms with Gasteiger partial charge < -0.3 is 0 Å². The molecule has 74 valence electrons. The standard InChI is InChI=1S/C11H11N.C2H6/c1-9-7-11(8-12-9)10-5-3-2-4-6-10;1-2/h2-6,8H,7H2,1H3;1-2H3. The smallest absolute Gasteiger partial charge is 0.0309 e. The lowest BCUT2D eigenvalue weighted by molar-refractivity contribution is 1.47. The van der Waals surface area contributed by atoms with Gasteiger partial charge in [0, 0.05) is 18.3 Å². The molecule has 1 heterocycles. The Balaban J connectivity index is 0.000000461. The molecule has 1 aliphatic rings. The van der Waals surface area contributed by atoms with Crippen LogP contribution >= 0.6 is 0 Å². The van der Waals surface area contributed by atoms with Crippen LogP contribution in [-0.2, 0) is 0 Å². The Morgan fingerprint density at radius 2 is 1.71 bits per heavy atom. The Hall–Kier alpha value is -1.37. The lowest BCUT2D eigenvalue weighted by atomic mass is 10.0. The van der Waals surface area contributed by atoms with E-state index in [0.717, 1.165) is 6.42 Å². The fourth-order valence-electron chi connectivity index (χ4n) is 1.38. The van der Waals surface area contributed by atoms with Crippen molar-refractivity contribution in [1.82, 2.24) is 0 Å². The maximum Gasteiger partial charge on any atom is 0.0309 e. The average Bonchev–Trinajstić information content (AvgIpc) is 2.69. The van der Waals surface area contributed by atoms with E-state index in [-0.39, 0.29) is 0 Å². The summed E-state index contributed by atoms with van der Waals surface area (Å²) in [4.78, 5) is 4.25. The maximum atomic E-state index is 4.25. The molecule has 1 aromatic rings. The normalized spacial score (nSPS) is 13.9. The molecule has 0 saturated heterocycles. The maximum absolute atomic E-state index is 4.25. The molecule has 0 N–H and O–H groups in total. The Morgan fingerprint density at radius 3 is 2.21 bits per heavy atom. The SMILES string of the molecule is CC.CC1=NC=C(c2ccccc2)C1. The molecule has 0 radical (unpaired) electrons. The van der Waals surface area contributed by atoms with E-state index in [1.807, 2.05) is 26.1 Å². The number of aliphatic imine (C=N–C) groups is 1. The minimum absolute atomic E-state index is 1.00. The van der Waals surface area contributed by atoms with Gasteiger partial charge in [-0.2, -0.15) is 0 Å². The van der Waals surface area contributed by atoms with Crippen LogP contribution in [0.4, 0.5) is 0 Å². The molecule has 0 aromatic heterocycles. The summed E-state index contributed by atoms with van der Waals surface area (Å²) in [5, 5.41) is 0. The molecular formula is C13H17N. The van der Waals surface area contributed by atoms with Crippen LogP contribution in [0.15, 0.2) is 41.5 Å². The number of rotatable bonds is 1. The third-order valence-corrected chi connectivity index (χ3v) is 2.03. The van der Waals surface area contributed by atoms with E-state index in [1.165, 1.54) is 16.8 Å². The molecule has 0 amide bonds. The minimum Gasteiger partial charge on any atom is -0.265 e. The van der Waals surface area contributed by atoms with Crippen molar-refractivity contribution in [3.8, 4) is 0 Å². The molecule has 1 aliphatic heterocycles. The summed E-state index contributed by atoms with van der Waals surface area (Å²) in [5.41, 5.74) is 3.82. The summed E-state index contributed by atoms with van der Waals surface area (Å²) in [7, 11) is 0. The Labute approximate surface area is 86.2 Å². The topological polar surface area (TPSA) is 12.4 Å². The van der Waals surface area contributed by atoms with Crippen molar-refractivity contribution in [3.63, 3.8) is 0 Å². The van der Waals surface area contributed by atoms with E-state index in [2.05, 4.69) is 36.2 Å². The molecule has 0 spiro atoms. The number of hydrogen-bond acceptors (Lipinski definition) is 1. The van der Waals surface area contributed by atoms with Gasteiger partial charge in [0.2, 0.25) is 0 Å². The molecular weight excluding hydrogens is 170 g/mol. The quantitative estimate of drug-likeness (QED) is 0.632. The zero-order valence-electron chi connectivity index (χ0n) is 9.12. The largest absolute Gasteiger partial charge is 0.265 e. The van der Waals surface area contributed by atoms with Gasteiger partial charge in [0.1, 0.15) is 0 Å². The van der Waals surface area contributed by atoms with Gasteiger partial charge in [-0.25, -0.2) is 0 Å². The van der Waals surface area contributed by atoms with E-state index in [0.29, 0.717) is 0 Å². The molecule has 0 fully saturated rings. The highest BCUT2D eigenvalue weighted by molar-refractivity contribution is 5.96. The fourth-order valence-corrected chi connectivity index (χ4v) is 1.38. The van der Waals surface area contributed by atoms with Gasteiger partial charge in [-0.05, 0) is 18.1 Å². The van der Waals surface area contributed by atoms with Crippen molar-refractivity contribution in [2.24, 2.45) is 4.99 Å². The van der Waals surface area contributed by atoms with Crippen LogP contribution in [0, 0.1) is 0 Å². The predicted molar refractivity (Wildman–Crippen MR) is 63.5 cm³/mol. The summed E-state index contributed by atoms with van der Waals surface area (Å²) in [6.45, 7) is 6.06. The molecule has 0 bridgehead atoms. The van der Waals surface area contributed by atoms with E-state index >= 15 is 0 Å². The summed E-state index contributed by atoms with van der Waals surface area (Å²) in [5.74, 6) is 0. The Morgan fingerprint density at radius 1 is 1.07 bits per heavy atom. The summed E-state index contributed by atoms with van der Waals surface area (Å²) in [6, 6.07) is 10.4. The Kier molecular flexibility index (Phi) is 4.11. The molecule has 2 rings (SSSR count). The highest BCUT2D eigenvalue weighted by atomic mass is 14.7. The molecule has 0 atom stereocenters. The first-order chi connectivity index (χ1) is 6.86. The molecule has 1 aromatic carbocycles. The zero-order valence-corrected chi connectivity index (χ0v) is 9.12. The second-order valence-electron chi connectivity index (χ2n) is 3.06.